The molecule has 1 saturated carbocycles. The molecule has 1 aromatic heterocycles. The summed E-state index contributed by atoms with van der Waals surface area (Å²) in [5.74, 6) is 2.40. The second kappa shape index (κ2) is 5.21. The van der Waals surface area contributed by atoms with Crippen molar-refractivity contribution in [1.29, 1.82) is 0 Å². The van der Waals surface area contributed by atoms with Gasteiger partial charge in [-0.25, -0.2) is 4.98 Å². The second-order valence-corrected chi connectivity index (χ2v) is 7.06. The molecule has 0 unspecified atom stereocenters. The lowest BCUT2D eigenvalue weighted by Gasteiger charge is -2.25. The van der Waals surface area contributed by atoms with Gasteiger partial charge in [-0.1, -0.05) is 43.2 Å². The molecule has 0 aliphatic heterocycles. The normalized spacial score (nSPS) is 16.5. The van der Waals surface area contributed by atoms with E-state index >= 15 is 0 Å². The minimum atomic E-state index is -0.0703. The Morgan fingerprint density at radius 3 is 2.29 bits per heavy atom. The summed E-state index contributed by atoms with van der Waals surface area (Å²) in [6, 6.07) is 10.4. The molecule has 3 nitrogen and oxygen atoms in total. The standard InChI is InChI=1S/C18H25N3/c1-18(2,3)21-16(19)15(13-9-7-8-10-13)20-17(21)14-11-5-4-6-12-14/h4-6,11-13H,7-10,19H2,1-3H3. The number of rotatable bonds is 2. The highest BCUT2D eigenvalue weighted by Gasteiger charge is 2.29. The van der Waals surface area contributed by atoms with Crippen molar-refractivity contribution in [2.75, 3.05) is 5.73 Å². The van der Waals surface area contributed by atoms with E-state index in [4.69, 9.17) is 10.7 Å². The summed E-state index contributed by atoms with van der Waals surface area (Å²) in [4.78, 5) is 4.97. The van der Waals surface area contributed by atoms with Crippen molar-refractivity contribution in [1.82, 2.24) is 9.55 Å². The molecule has 0 spiro atoms. The molecular formula is C18H25N3. The third-order valence-electron chi connectivity index (χ3n) is 4.39. The fourth-order valence-corrected chi connectivity index (χ4v) is 3.41. The molecule has 0 radical (unpaired) electrons. The van der Waals surface area contributed by atoms with Gasteiger partial charge in [0.15, 0.2) is 0 Å². The lowest BCUT2D eigenvalue weighted by molar-refractivity contribution is 0.406. The van der Waals surface area contributed by atoms with E-state index in [1.54, 1.807) is 0 Å². The van der Waals surface area contributed by atoms with Crippen molar-refractivity contribution in [2.24, 2.45) is 0 Å². The minimum absolute atomic E-state index is 0.0703. The van der Waals surface area contributed by atoms with Crippen LogP contribution in [0.2, 0.25) is 0 Å². The van der Waals surface area contributed by atoms with E-state index in [1.807, 2.05) is 6.07 Å². The van der Waals surface area contributed by atoms with Gasteiger partial charge >= 0.3 is 0 Å². The van der Waals surface area contributed by atoms with Crippen LogP contribution in [0, 0.1) is 0 Å². The van der Waals surface area contributed by atoms with Crippen LogP contribution in [-0.2, 0) is 5.54 Å². The Bertz CT molecular complexity index is 614. The van der Waals surface area contributed by atoms with Gasteiger partial charge in [-0.3, -0.25) is 0 Å². The molecule has 0 saturated heterocycles. The average Bonchev–Trinajstić information content (AvgIpc) is 3.06. The topological polar surface area (TPSA) is 43.8 Å². The number of benzene rings is 1. The predicted octanol–water partition coefficient (Wildman–Crippen LogP) is 4.54. The summed E-state index contributed by atoms with van der Waals surface area (Å²) >= 11 is 0. The van der Waals surface area contributed by atoms with Crippen LogP contribution in [0.25, 0.3) is 11.4 Å². The number of anilines is 1. The molecule has 0 atom stereocenters. The second-order valence-electron chi connectivity index (χ2n) is 7.06. The smallest absolute Gasteiger partial charge is 0.142 e. The van der Waals surface area contributed by atoms with Gasteiger partial charge in [-0.15, -0.1) is 0 Å². The molecule has 0 amide bonds. The quantitative estimate of drug-likeness (QED) is 0.879. The Morgan fingerprint density at radius 2 is 1.71 bits per heavy atom. The van der Waals surface area contributed by atoms with Crippen LogP contribution in [0.3, 0.4) is 0 Å². The first kappa shape index (κ1) is 14.2. The van der Waals surface area contributed by atoms with Crippen molar-refractivity contribution < 1.29 is 0 Å². The molecule has 1 aromatic carbocycles. The summed E-state index contributed by atoms with van der Waals surface area (Å²) in [5, 5.41) is 0. The summed E-state index contributed by atoms with van der Waals surface area (Å²) in [7, 11) is 0. The van der Waals surface area contributed by atoms with Crippen molar-refractivity contribution in [3.63, 3.8) is 0 Å². The SMILES string of the molecule is CC(C)(C)n1c(-c2ccccc2)nc(C2CCCC2)c1N. The Hall–Kier alpha value is -1.77. The third kappa shape index (κ3) is 2.57. The summed E-state index contributed by atoms with van der Waals surface area (Å²) in [6.07, 6.45) is 5.04. The maximum Gasteiger partial charge on any atom is 0.142 e. The van der Waals surface area contributed by atoms with E-state index < -0.39 is 0 Å². The fourth-order valence-electron chi connectivity index (χ4n) is 3.41. The molecule has 3 rings (SSSR count). The van der Waals surface area contributed by atoms with Gasteiger partial charge in [-0.2, -0.15) is 0 Å². The number of nitrogens with two attached hydrogens (primary N) is 1. The summed E-state index contributed by atoms with van der Waals surface area (Å²) in [5.41, 5.74) is 8.69. The largest absolute Gasteiger partial charge is 0.384 e. The summed E-state index contributed by atoms with van der Waals surface area (Å²) < 4.78 is 2.20. The first-order valence-corrected chi connectivity index (χ1v) is 7.92. The van der Waals surface area contributed by atoms with Gasteiger partial charge < -0.3 is 10.3 Å². The van der Waals surface area contributed by atoms with Crippen LogP contribution in [0.15, 0.2) is 30.3 Å². The Kier molecular flexibility index (Phi) is 3.52. The third-order valence-corrected chi connectivity index (χ3v) is 4.39. The highest BCUT2D eigenvalue weighted by Crippen LogP contribution is 2.40. The molecule has 1 aliphatic carbocycles. The molecule has 3 heteroatoms. The molecule has 0 bridgehead atoms. The fraction of sp³-hybridized carbons (Fsp3) is 0.500. The molecule has 1 heterocycles. The zero-order valence-corrected chi connectivity index (χ0v) is 13.3. The van der Waals surface area contributed by atoms with Crippen LogP contribution in [-0.4, -0.2) is 9.55 Å². The molecule has 1 fully saturated rings. The zero-order valence-electron chi connectivity index (χ0n) is 13.3. The molecule has 2 aromatic rings. The Morgan fingerprint density at radius 1 is 1.10 bits per heavy atom. The van der Waals surface area contributed by atoms with Gasteiger partial charge in [0.25, 0.3) is 0 Å². The van der Waals surface area contributed by atoms with Crippen molar-refractivity contribution >= 4 is 5.82 Å². The maximum atomic E-state index is 6.51. The van der Waals surface area contributed by atoms with Crippen LogP contribution in [0.1, 0.15) is 58.1 Å². The van der Waals surface area contributed by atoms with Gasteiger partial charge in [-0.05, 0) is 33.6 Å². The zero-order chi connectivity index (χ0) is 15.0. The molecule has 1 aliphatic rings. The molecule has 2 N–H and O–H groups in total. The van der Waals surface area contributed by atoms with E-state index in [9.17, 15) is 0 Å². The van der Waals surface area contributed by atoms with E-state index in [-0.39, 0.29) is 5.54 Å². The monoisotopic (exact) mass is 283 g/mol. The lowest BCUT2D eigenvalue weighted by atomic mass is 10.0. The summed E-state index contributed by atoms with van der Waals surface area (Å²) in [6.45, 7) is 6.57. The maximum absolute atomic E-state index is 6.51. The minimum Gasteiger partial charge on any atom is -0.384 e. The van der Waals surface area contributed by atoms with Crippen LogP contribution in [0.5, 0.6) is 0 Å². The van der Waals surface area contributed by atoms with E-state index in [0.29, 0.717) is 5.92 Å². The van der Waals surface area contributed by atoms with Gasteiger partial charge in [0, 0.05) is 17.0 Å². The highest BCUT2D eigenvalue weighted by molar-refractivity contribution is 5.61. The lowest BCUT2D eigenvalue weighted by Crippen LogP contribution is -2.24. The van der Waals surface area contributed by atoms with Crippen LogP contribution >= 0.6 is 0 Å². The predicted molar refractivity (Wildman–Crippen MR) is 88.3 cm³/mol. The van der Waals surface area contributed by atoms with Gasteiger partial charge in [0.1, 0.15) is 11.6 Å². The Balaban J connectivity index is 2.16. The molecular weight excluding hydrogens is 258 g/mol. The first-order chi connectivity index (χ1) is 9.98. The average molecular weight is 283 g/mol. The van der Waals surface area contributed by atoms with Crippen LogP contribution < -0.4 is 5.73 Å². The van der Waals surface area contributed by atoms with Crippen molar-refractivity contribution in [3.8, 4) is 11.4 Å². The van der Waals surface area contributed by atoms with Gasteiger partial charge in [0.2, 0.25) is 0 Å². The van der Waals surface area contributed by atoms with Gasteiger partial charge in [0.05, 0.1) is 5.69 Å². The van der Waals surface area contributed by atoms with Crippen molar-refractivity contribution in [3.05, 3.63) is 36.0 Å². The number of imidazole rings is 1. The van der Waals surface area contributed by atoms with Crippen LogP contribution in [0.4, 0.5) is 5.82 Å². The highest BCUT2D eigenvalue weighted by atomic mass is 15.2. The molecule has 112 valence electrons. The van der Waals surface area contributed by atoms with E-state index in [2.05, 4.69) is 49.6 Å². The van der Waals surface area contributed by atoms with Crippen molar-refractivity contribution in [2.45, 2.75) is 57.9 Å². The number of nitrogen functional groups attached to an aromatic ring is 1. The first-order valence-electron chi connectivity index (χ1n) is 7.92. The number of hydrogen-bond donors (Lipinski definition) is 1. The van der Waals surface area contributed by atoms with E-state index in [1.165, 1.54) is 25.7 Å². The Labute approximate surface area is 127 Å². The van der Waals surface area contributed by atoms with E-state index in [0.717, 1.165) is 22.9 Å². The number of nitrogens with zero attached hydrogens (tertiary/aromatic N) is 2. The molecule has 21 heavy (non-hydrogen) atoms. The number of hydrogen-bond acceptors (Lipinski definition) is 2. The number of aromatic nitrogens is 2.